The number of hydrogen-bond acceptors (Lipinski definition) is 2. The summed E-state index contributed by atoms with van der Waals surface area (Å²) >= 11 is 3.46. The van der Waals surface area contributed by atoms with Crippen molar-refractivity contribution in [3.8, 4) is 0 Å². The summed E-state index contributed by atoms with van der Waals surface area (Å²) in [4.78, 5) is 6.99. The maximum Gasteiger partial charge on any atom is 0.106 e. The largest absolute Gasteiger partial charge is 0.289 e. The van der Waals surface area contributed by atoms with Crippen molar-refractivity contribution in [2.45, 2.75) is 19.6 Å². The molecule has 0 atom stereocenters. The molecule has 1 aromatic heterocycles. The second-order valence-corrected chi connectivity index (χ2v) is 6.38. The molecule has 23 heavy (non-hydrogen) atoms. The van der Waals surface area contributed by atoms with Crippen molar-refractivity contribution in [1.29, 1.82) is 0 Å². The number of benzene rings is 2. The van der Waals surface area contributed by atoms with Crippen LogP contribution in [0.3, 0.4) is 0 Å². The van der Waals surface area contributed by atoms with Crippen molar-refractivity contribution >= 4 is 15.9 Å². The van der Waals surface area contributed by atoms with Crippen molar-refractivity contribution in [3.63, 3.8) is 0 Å². The summed E-state index contributed by atoms with van der Waals surface area (Å²) in [6.07, 6.45) is 0. The molecule has 0 unspecified atom stereocenters. The molecule has 0 N–H and O–H groups in total. The van der Waals surface area contributed by atoms with Gasteiger partial charge in [-0.15, -0.1) is 0 Å². The molecule has 0 fully saturated rings. The molecule has 2 aromatic carbocycles. The number of nitrogens with zero attached hydrogens (tertiary/aromatic N) is 2. The molecule has 3 rings (SSSR count). The molecular weight excluding hydrogens is 348 g/mol. The van der Waals surface area contributed by atoms with Gasteiger partial charge in [0.15, 0.2) is 0 Å². The number of pyridine rings is 1. The van der Waals surface area contributed by atoms with Crippen LogP contribution in [0.25, 0.3) is 0 Å². The number of halogens is 1. The quantitative estimate of drug-likeness (QED) is 0.567. The van der Waals surface area contributed by atoms with Gasteiger partial charge < -0.3 is 0 Å². The van der Waals surface area contributed by atoms with Crippen LogP contribution in [-0.4, -0.2) is 9.88 Å². The summed E-state index contributed by atoms with van der Waals surface area (Å²) in [6, 6.07) is 27.2. The summed E-state index contributed by atoms with van der Waals surface area (Å²) in [5, 5.41) is 0. The fourth-order valence-corrected chi connectivity index (χ4v) is 3.00. The fourth-order valence-electron chi connectivity index (χ4n) is 2.62. The van der Waals surface area contributed by atoms with E-state index in [1.807, 2.05) is 12.1 Å². The zero-order chi connectivity index (χ0) is 15.9. The van der Waals surface area contributed by atoms with Gasteiger partial charge in [0.2, 0.25) is 0 Å². The van der Waals surface area contributed by atoms with Crippen molar-refractivity contribution in [2.24, 2.45) is 0 Å². The second kappa shape index (κ2) is 8.04. The Labute approximate surface area is 145 Å². The molecule has 0 radical (unpaired) electrons. The van der Waals surface area contributed by atoms with E-state index in [2.05, 4.69) is 92.5 Å². The summed E-state index contributed by atoms with van der Waals surface area (Å²) < 4.78 is 0.884. The fraction of sp³-hybridized carbons (Fsp3) is 0.150. The van der Waals surface area contributed by atoms with Crippen LogP contribution >= 0.6 is 15.9 Å². The van der Waals surface area contributed by atoms with E-state index in [0.717, 1.165) is 29.9 Å². The third kappa shape index (κ3) is 5.02. The van der Waals surface area contributed by atoms with Crippen LogP contribution in [-0.2, 0) is 19.6 Å². The smallest absolute Gasteiger partial charge is 0.106 e. The molecule has 0 aliphatic heterocycles. The Hall–Kier alpha value is -1.97. The Morgan fingerprint density at radius 3 is 1.74 bits per heavy atom. The molecule has 1 heterocycles. The van der Waals surface area contributed by atoms with Crippen molar-refractivity contribution in [3.05, 3.63) is 100 Å². The zero-order valence-corrected chi connectivity index (χ0v) is 14.5. The molecule has 0 spiro atoms. The Morgan fingerprint density at radius 2 is 1.22 bits per heavy atom. The molecule has 0 saturated carbocycles. The van der Waals surface area contributed by atoms with Gasteiger partial charge in [-0.25, -0.2) is 4.98 Å². The van der Waals surface area contributed by atoms with Gasteiger partial charge in [-0.1, -0.05) is 66.7 Å². The van der Waals surface area contributed by atoms with Gasteiger partial charge in [-0.3, -0.25) is 4.90 Å². The predicted octanol–water partition coefficient (Wildman–Crippen LogP) is 5.05. The molecule has 0 aliphatic rings. The van der Waals surface area contributed by atoms with E-state index in [9.17, 15) is 0 Å². The second-order valence-electron chi connectivity index (χ2n) is 5.57. The number of hydrogen-bond donors (Lipinski definition) is 0. The minimum atomic E-state index is 0.823. The van der Waals surface area contributed by atoms with Gasteiger partial charge in [-0.2, -0.15) is 0 Å². The van der Waals surface area contributed by atoms with Gasteiger partial charge in [0.1, 0.15) is 4.60 Å². The number of rotatable bonds is 6. The first-order chi connectivity index (χ1) is 11.3. The lowest BCUT2D eigenvalue weighted by molar-refractivity contribution is 0.244. The highest BCUT2D eigenvalue weighted by Crippen LogP contribution is 2.14. The monoisotopic (exact) mass is 366 g/mol. The van der Waals surface area contributed by atoms with E-state index in [4.69, 9.17) is 0 Å². The topological polar surface area (TPSA) is 16.1 Å². The van der Waals surface area contributed by atoms with Crippen LogP contribution < -0.4 is 0 Å². The van der Waals surface area contributed by atoms with E-state index < -0.39 is 0 Å². The van der Waals surface area contributed by atoms with Gasteiger partial charge in [0.05, 0.1) is 5.69 Å². The minimum absolute atomic E-state index is 0.823. The van der Waals surface area contributed by atoms with E-state index in [1.165, 1.54) is 11.1 Å². The third-order valence-electron chi connectivity index (χ3n) is 3.66. The molecule has 0 saturated heterocycles. The van der Waals surface area contributed by atoms with Crippen molar-refractivity contribution in [1.82, 2.24) is 9.88 Å². The summed E-state index contributed by atoms with van der Waals surface area (Å²) in [7, 11) is 0. The highest BCUT2D eigenvalue weighted by atomic mass is 79.9. The van der Waals surface area contributed by atoms with E-state index in [0.29, 0.717) is 0 Å². The first-order valence-electron chi connectivity index (χ1n) is 7.71. The molecular formula is C20H19BrN2. The van der Waals surface area contributed by atoms with Crippen molar-refractivity contribution < 1.29 is 0 Å². The predicted molar refractivity (Wildman–Crippen MR) is 97.8 cm³/mol. The Kier molecular flexibility index (Phi) is 5.56. The van der Waals surface area contributed by atoms with Crippen LogP contribution in [0.5, 0.6) is 0 Å². The summed E-state index contributed by atoms with van der Waals surface area (Å²) in [5.74, 6) is 0. The maximum absolute atomic E-state index is 4.57. The van der Waals surface area contributed by atoms with Crippen molar-refractivity contribution in [2.75, 3.05) is 0 Å². The Bertz CT molecular complexity index is 687. The lowest BCUT2D eigenvalue weighted by Gasteiger charge is -2.22. The minimum Gasteiger partial charge on any atom is -0.289 e. The zero-order valence-electron chi connectivity index (χ0n) is 12.9. The van der Waals surface area contributed by atoms with Gasteiger partial charge in [-0.05, 0) is 39.2 Å². The molecule has 3 heteroatoms. The average molecular weight is 367 g/mol. The van der Waals surface area contributed by atoms with Crippen LogP contribution in [0.4, 0.5) is 0 Å². The molecule has 2 nitrogen and oxygen atoms in total. The van der Waals surface area contributed by atoms with Gasteiger partial charge in [0, 0.05) is 19.6 Å². The van der Waals surface area contributed by atoms with Crippen LogP contribution in [0, 0.1) is 0 Å². The maximum atomic E-state index is 4.57. The first kappa shape index (κ1) is 15.9. The van der Waals surface area contributed by atoms with Crippen LogP contribution in [0.2, 0.25) is 0 Å². The van der Waals surface area contributed by atoms with E-state index >= 15 is 0 Å². The standard InChI is InChI=1S/C20H19BrN2/c21-20-13-7-12-19(22-20)16-23(14-17-8-3-1-4-9-17)15-18-10-5-2-6-11-18/h1-13H,14-16H2. The SMILES string of the molecule is Brc1cccc(CN(Cc2ccccc2)Cc2ccccc2)n1. The van der Waals surface area contributed by atoms with Crippen LogP contribution in [0.15, 0.2) is 83.5 Å². The van der Waals surface area contributed by atoms with E-state index in [-0.39, 0.29) is 0 Å². The Morgan fingerprint density at radius 1 is 0.652 bits per heavy atom. The number of aromatic nitrogens is 1. The summed E-state index contributed by atoms with van der Waals surface area (Å²) in [6.45, 7) is 2.64. The van der Waals surface area contributed by atoms with E-state index in [1.54, 1.807) is 0 Å². The molecule has 3 aromatic rings. The molecule has 0 aliphatic carbocycles. The normalized spacial score (nSPS) is 10.9. The lowest BCUT2D eigenvalue weighted by Crippen LogP contribution is -2.23. The highest BCUT2D eigenvalue weighted by Gasteiger charge is 2.09. The van der Waals surface area contributed by atoms with Gasteiger partial charge in [0.25, 0.3) is 0 Å². The summed E-state index contributed by atoms with van der Waals surface area (Å²) in [5.41, 5.74) is 3.71. The van der Waals surface area contributed by atoms with Crippen LogP contribution in [0.1, 0.15) is 16.8 Å². The third-order valence-corrected chi connectivity index (χ3v) is 4.10. The molecule has 0 amide bonds. The lowest BCUT2D eigenvalue weighted by atomic mass is 10.1. The van der Waals surface area contributed by atoms with Gasteiger partial charge >= 0.3 is 0 Å². The molecule has 0 bridgehead atoms. The average Bonchev–Trinajstić information content (AvgIpc) is 2.57. The highest BCUT2D eigenvalue weighted by molar-refractivity contribution is 9.10. The first-order valence-corrected chi connectivity index (χ1v) is 8.50. The molecule has 116 valence electrons. The Balaban J connectivity index is 1.77.